The van der Waals surface area contributed by atoms with E-state index in [1.807, 2.05) is 6.92 Å². The molecule has 21 heavy (non-hydrogen) atoms. The molecule has 2 aromatic rings. The molecule has 0 amide bonds. The van der Waals surface area contributed by atoms with Crippen LogP contribution in [0.15, 0.2) is 42.5 Å². The van der Waals surface area contributed by atoms with Crippen LogP contribution in [0.4, 0.5) is 8.78 Å². The number of hydrogen-bond donors (Lipinski definition) is 1. The van der Waals surface area contributed by atoms with Gasteiger partial charge in [-0.25, -0.2) is 8.78 Å². The van der Waals surface area contributed by atoms with Crippen LogP contribution in [0.25, 0.3) is 0 Å². The van der Waals surface area contributed by atoms with Crippen molar-refractivity contribution in [3.05, 3.63) is 70.2 Å². The van der Waals surface area contributed by atoms with E-state index in [9.17, 15) is 8.78 Å². The summed E-state index contributed by atoms with van der Waals surface area (Å²) in [6.07, 6.45) is 0.973. The zero-order chi connectivity index (χ0) is 15.2. The van der Waals surface area contributed by atoms with E-state index < -0.39 is 0 Å². The summed E-state index contributed by atoms with van der Waals surface area (Å²) in [5, 5.41) is 3.78. The maximum Gasteiger partial charge on any atom is 0.126 e. The summed E-state index contributed by atoms with van der Waals surface area (Å²) in [5.74, 6) is -0.511. The van der Waals surface area contributed by atoms with Crippen molar-refractivity contribution in [1.29, 1.82) is 0 Å². The molecule has 0 saturated carbocycles. The fourth-order valence-electron chi connectivity index (χ4n) is 2.40. The molecule has 0 aliphatic heterocycles. The Morgan fingerprint density at radius 2 is 1.67 bits per heavy atom. The third kappa shape index (κ3) is 4.51. The summed E-state index contributed by atoms with van der Waals surface area (Å²) in [4.78, 5) is 0. The maximum absolute atomic E-state index is 13.8. The van der Waals surface area contributed by atoms with Crippen LogP contribution in [0.3, 0.4) is 0 Å². The molecule has 1 nitrogen and oxygen atoms in total. The molecule has 0 bridgehead atoms. The lowest BCUT2D eigenvalue weighted by atomic mass is 9.98. The second-order valence-corrected chi connectivity index (χ2v) is 5.43. The Balaban J connectivity index is 2.16. The highest BCUT2D eigenvalue weighted by molar-refractivity contribution is 6.30. The summed E-state index contributed by atoms with van der Waals surface area (Å²) < 4.78 is 27.6. The summed E-state index contributed by atoms with van der Waals surface area (Å²) in [7, 11) is 0. The molecule has 2 aromatic carbocycles. The molecule has 0 aromatic heterocycles. The Morgan fingerprint density at radius 3 is 2.38 bits per heavy atom. The van der Waals surface area contributed by atoms with Crippen LogP contribution in [0.1, 0.15) is 18.1 Å². The van der Waals surface area contributed by atoms with E-state index in [1.54, 1.807) is 24.3 Å². The fourth-order valence-corrected chi connectivity index (χ4v) is 2.59. The predicted molar refractivity (Wildman–Crippen MR) is 82.7 cm³/mol. The topological polar surface area (TPSA) is 12.0 Å². The molecular weight excluding hydrogens is 292 g/mol. The van der Waals surface area contributed by atoms with Crippen LogP contribution in [-0.2, 0) is 12.8 Å². The molecule has 0 saturated heterocycles. The van der Waals surface area contributed by atoms with Crippen LogP contribution in [0.5, 0.6) is 0 Å². The van der Waals surface area contributed by atoms with E-state index in [0.717, 1.165) is 6.54 Å². The SMILES string of the molecule is CCNC(Cc1ccccc1F)Cc1cc(Cl)ccc1F. The second kappa shape index (κ2) is 7.53. The lowest BCUT2D eigenvalue weighted by Crippen LogP contribution is -2.33. The van der Waals surface area contributed by atoms with Crippen molar-refractivity contribution in [2.24, 2.45) is 0 Å². The van der Waals surface area contributed by atoms with Gasteiger partial charge in [-0.2, -0.15) is 0 Å². The average Bonchev–Trinajstić information content (AvgIpc) is 2.45. The Bertz CT molecular complexity index is 601. The van der Waals surface area contributed by atoms with E-state index in [-0.39, 0.29) is 17.7 Å². The van der Waals surface area contributed by atoms with Gasteiger partial charge >= 0.3 is 0 Å². The van der Waals surface area contributed by atoms with Gasteiger partial charge < -0.3 is 5.32 Å². The van der Waals surface area contributed by atoms with Gasteiger partial charge in [0.25, 0.3) is 0 Å². The van der Waals surface area contributed by atoms with Crippen LogP contribution in [-0.4, -0.2) is 12.6 Å². The third-order valence-electron chi connectivity index (χ3n) is 3.39. The molecule has 1 unspecified atom stereocenters. The minimum Gasteiger partial charge on any atom is -0.314 e. The van der Waals surface area contributed by atoms with Crippen molar-refractivity contribution < 1.29 is 8.78 Å². The molecule has 0 radical (unpaired) electrons. The summed E-state index contributed by atoms with van der Waals surface area (Å²) >= 11 is 5.92. The van der Waals surface area contributed by atoms with Crippen molar-refractivity contribution in [3.63, 3.8) is 0 Å². The number of likely N-dealkylation sites (N-methyl/N-ethyl adjacent to an activating group) is 1. The third-order valence-corrected chi connectivity index (χ3v) is 3.63. The molecule has 0 heterocycles. The Kier molecular flexibility index (Phi) is 5.71. The van der Waals surface area contributed by atoms with Crippen LogP contribution in [0.2, 0.25) is 5.02 Å². The van der Waals surface area contributed by atoms with Gasteiger partial charge in [-0.05, 0) is 54.8 Å². The van der Waals surface area contributed by atoms with Gasteiger partial charge in [-0.15, -0.1) is 0 Å². The summed E-state index contributed by atoms with van der Waals surface area (Å²) in [6.45, 7) is 2.71. The molecule has 0 aliphatic carbocycles. The van der Waals surface area contributed by atoms with Gasteiger partial charge in [0.2, 0.25) is 0 Å². The quantitative estimate of drug-likeness (QED) is 0.835. The van der Waals surface area contributed by atoms with Gasteiger partial charge in [0.1, 0.15) is 11.6 Å². The minimum atomic E-state index is -0.282. The van der Waals surface area contributed by atoms with Crippen molar-refractivity contribution in [2.45, 2.75) is 25.8 Å². The predicted octanol–water partition coefficient (Wildman–Crippen LogP) is 4.38. The first kappa shape index (κ1) is 15.9. The lowest BCUT2D eigenvalue weighted by molar-refractivity contribution is 0.494. The molecule has 0 spiro atoms. The molecule has 0 aliphatic rings. The first-order valence-electron chi connectivity index (χ1n) is 7.01. The normalized spacial score (nSPS) is 12.4. The van der Waals surface area contributed by atoms with Gasteiger partial charge in [0.15, 0.2) is 0 Å². The Hall–Kier alpha value is -1.45. The molecule has 0 fully saturated rings. The highest BCUT2D eigenvalue weighted by Crippen LogP contribution is 2.18. The first-order chi connectivity index (χ1) is 10.1. The Labute approximate surface area is 128 Å². The van der Waals surface area contributed by atoms with Crippen molar-refractivity contribution in [1.82, 2.24) is 5.32 Å². The van der Waals surface area contributed by atoms with Crippen LogP contribution in [0, 0.1) is 11.6 Å². The summed E-state index contributed by atoms with van der Waals surface area (Å²) in [6, 6.07) is 11.1. The van der Waals surface area contributed by atoms with E-state index in [0.29, 0.717) is 29.0 Å². The van der Waals surface area contributed by atoms with E-state index >= 15 is 0 Å². The first-order valence-corrected chi connectivity index (χ1v) is 7.38. The van der Waals surface area contributed by atoms with Gasteiger partial charge in [0, 0.05) is 11.1 Å². The zero-order valence-electron chi connectivity index (χ0n) is 11.9. The van der Waals surface area contributed by atoms with Crippen LogP contribution < -0.4 is 5.32 Å². The van der Waals surface area contributed by atoms with E-state index in [4.69, 9.17) is 11.6 Å². The minimum absolute atomic E-state index is 0.0418. The number of hydrogen-bond acceptors (Lipinski definition) is 1. The largest absolute Gasteiger partial charge is 0.314 e. The van der Waals surface area contributed by atoms with Gasteiger partial charge in [-0.1, -0.05) is 36.7 Å². The monoisotopic (exact) mass is 309 g/mol. The molecule has 2 rings (SSSR count). The van der Waals surface area contributed by atoms with Crippen molar-refractivity contribution in [2.75, 3.05) is 6.54 Å². The molecule has 112 valence electrons. The molecule has 1 N–H and O–H groups in total. The average molecular weight is 310 g/mol. The molecule has 1 atom stereocenters. The standard InChI is InChI=1S/C17H18ClF2N/c1-2-21-15(10-12-5-3-4-6-16(12)19)11-13-9-14(18)7-8-17(13)20/h3-9,15,21H,2,10-11H2,1H3. The number of halogens is 3. The van der Waals surface area contributed by atoms with Crippen molar-refractivity contribution in [3.8, 4) is 0 Å². The number of benzene rings is 2. The number of nitrogens with one attached hydrogen (secondary N) is 1. The number of rotatable bonds is 6. The zero-order valence-corrected chi connectivity index (χ0v) is 12.6. The maximum atomic E-state index is 13.8. The Morgan fingerprint density at radius 1 is 1.00 bits per heavy atom. The summed E-state index contributed by atoms with van der Waals surface area (Å²) in [5.41, 5.74) is 1.18. The highest BCUT2D eigenvalue weighted by atomic mass is 35.5. The van der Waals surface area contributed by atoms with E-state index in [1.165, 1.54) is 18.2 Å². The van der Waals surface area contributed by atoms with E-state index in [2.05, 4.69) is 5.32 Å². The fraction of sp³-hybridized carbons (Fsp3) is 0.294. The lowest BCUT2D eigenvalue weighted by Gasteiger charge is -2.19. The van der Waals surface area contributed by atoms with Gasteiger partial charge in [-0.3, -0.25) is 0 Å². The molecule has 4 heteroatoms. The van der Waals surface area contributed by atoms with Crippen LogP contribution >= 0.6 is 11.6 Å². The second-order valence-electron chi connectivity index (χ2n) is 4.99. The van der Waals surface area contributed by atoms with Crippen molar-refractivity contribution >= 4 is 11.6 Å². The van der Waals surface area contributed by atoms with Gasteiger partial charge in [0.05, 0.1) is 0 Å². The molecular formula is C17H18ClF2N. The highest BCUT2D eigenvalue weighted by Gasteiger charge is 2.14. The smallest absolute Gasteiger partial charge is 0.126 e.